The van der Waals surface area contributed by atoms with Crippen LogP contribution in [0.3, 0.4) is 0 Å². The van der Waals surface area contributed by atoms with Gasteiger partial charge < -0.3 is 10.6 Å². The molecule has 1 saturated heterocycles. The van der Waals surface area contributed by atoms with Crippen LogP contribution in [0.25, 0.3) is 0 Å². The molecule has 1 amide bonds. The molecule has 0 spiro atoms. The monoisotopic (exact) mass is 295 g/mol. The van der Waals surface area contributed by atoms with Crippen molar-refractivity contribution in [2.24, 2.45) is 0 Å². The first-order valence-corrected chi connectivity index (χ1v) is 7.20. The summed E-state index contributed by atoms with van der Waals surface area (Å²) >= 11 is 0. The van der Waals surface area contributed by atoms with Gasteiger partial charge in [-0.15, -0.1) is 0 Å². The van der Waals surface area contributed by atoms with Crippen molar-refractivity contribution in [3.8, 4) is 0 Å². The fourth-order valence-electron chi connectivity index (χ4n) is 2.38. The third kappa shape index (κ3) is 7.09. The van der Waals surface area contributed by atoms with Crippen LogP contribution in [0.2, 0.25) is 0 Å². The number of alkyl halides is 3. The van der Waals surface area contributed by atoms with E-state index in [1.54, 1.807) is 0 Å². The van der Waals surface area contributed by atoms with E-state index in [4.69, 9.17) is 0 Å². The van der Waals surface area contributed by atoms with Gasteiger partial charge in [-0.2, -0.15) is 13.2 Å². The van der Waals surface area contributed by atoms with E-state index in [-0.39, 0.29) is 12.6 Å². The van der Waals surface area contributed by atoms with Crippen LogP contribution < -0.4 is 10.6 Å². The fraction of sp³-hybridized carbons (Fsp3) is 0.923. The first kappa shape index (κ1) is 17.2. The Balaban J connectivity index is 2.35. The molecular weight excluding hydrogens is 271 g/mol. The predicted molar refractivity (Wildman–Crippen MR) is 71.4 cm³/mol. The van der Waals surface area contributed by atoms with E-state index < -0.39 is 18.6 Å². The number of carbonyl (C=O) groups is 1. The Morgan fingerprint density at radius 2 is 2.10 bits per heavy atom. The molecule has 1 heterocycles. The van der Waals surface area contributed by atoms with Crippen molar-refractivity contribution in [1.29, 1.82) is 0 Å². The molecule has 1 atom stereocenters. The van der Waals surface area contributed by atoms with Crippen LogP contribution in [-0.4, -0.2) is 55.7 Å². The Kier molecular flexibility index (Phi) is 7.29. The van der Waals surface area contributed by atoms with Gasteiger partial charge in [-0.05, 0) is 32.4 Å². The Hall–Kier alpha value is -0.820. The Labute approximate surface area is 118 Å². The van der Waals surface area contributed by atoms with Crippen LogP contribution in [-0.2, 0) is 4.79 Å². The number of nitrogens with one attached hydrogen (secondary N) is 2. The summed E-state index contributed by atoms with van der Waals surface area (Å²) in [6, 6.07) is 0.243. The maximum atomic E-state index is 12.0. The zero-order valence-electron chi connectivity index (χ0n) is 11.9. The number of hydrogen-bond donors (Lipinski definition) is 2. The summed E-state index contributed by atoms with van der Waals surface area (Å²) in [4.78, 5) is 13.5. The first-order chi connectivity index (χ1) is 9.42. The molecule has 1 aliphatic rings. The molecule has 0 aromatic rings. The van der Waals surface area contributed by atoms with Crippen LogP contribution in [0.15, 0.2) is 0 Å². The molecule has 0 radical (unpaired) electrons. The third-order valence-corrected chi connectivity index (χ3v) is 3.39. The van der Waals surface area contributed by atoms with E-state index in [1.807, 2.05) is 10.2 Å². The number of amides is 1. The topological polar surface area (TPSA) is 44.4 Å². The van der Waals surface area contributed by atoms with Crippen molar-refractivity contribution in [1.82, 2.24) is 15.5 Å². The number of halogens is 3. The molecule has 1 fully saturated rings. The van der Waals surface area contributed by atoms with Gasteiger partial charge in [-0.1, -0.05) is 13.3 Å². The highest BCUT2D eigenvalue weighted by atomic mass is 19.4. The van der Waals surface area contributed by atoms with Gasteiger partial charge in [0.05, 0.1) is 6.54 Å². The molecular formula is C13H24F3N3O. The summed E-state index contributed by atoms with van der Waals surface area (Å²) in [6.45, 7) is 3.37. The molecule has 1 aliphatic heterocycles. The zero-order chi connectivity index (χ0) is 15.0. The highest BCUT2D eigenvalue weighted by molar-refractivity contribution is 5.78. The summed E-state index contributed by atoms with van der Waals surface area (Å²) < 4.78 is 36.1. The molecule has 1 rings (SSSR count). The van der Waals surface area contributed by atoms with Crippen molar-refractivity contribution in [3.63, 3.8) is 0 Å². The number of carbonyl (C=O) groups excluding carboxylic acids is 1. The highest BCUT2D eigenvalue weighted by Crippen LogP contribution is 2.16. The van der Waals surface area contributed by atoms with Gasteiger partial charge in [0.25, 0.3) is 0 Å². The molecule has 4 nitrogen and oxygen atoms in total. The molecule has 2 N–H and O–H groups in total. The molecule has 7 heteroatoms. The van der Waals surface area contributed by atoms with E-state index in [0.717, 1.165) is 45.3 Å². The van der Waals surface area contributed by atoms with Gasteiger partial charge in [-0.3, -0.25) is 9.69 Å². The Morgan fingerprint density at radius 3 is 2.75 bits per heavy atom. The van der Waals surface area contributed by atoms with Crippen LogP contribution in [0.1, 0.15) is 32.6 Å². The van der Waals surface area contributed by atoms with E-state index in [0.29, 0.717) is 0 Å². The van der Waals surface area contributed by atoms with Gasteiger partial charge in [0.2, 0.25) is 5.91 Å². The second kappa shape index (κ2) is 8.46. The summed E-state index contributed by atoms with van der Waals surface area (Å²) in [5, 5.41) is 5.24. The van der Waals surface area contributed by atoms with Gasteiger partial charge >= 0.3 is 6.18 Å². The summed E-state index contributed by atoms with van der Waals surface area (Å²) in [5.41, 5.74) is 0. The van der Waals surface area contributed by atoms with Gasteiger partial charge in [0.15, 0.2) is 0 Å². The Bertz CT molecular complexity index is 297. The molecule has 0 saturated carbocycles. The number of rotatable bonds is 7. The molecule has 118 valence electrons. The quantitative estimate of drug-likeness (QED) is 0.700. The van der Waals surface area contributed by atoms with E-state index in [9.17, 15) is 18.0 Å². The predicted octanol–water partition coefficient (Wildman–Crippen LogP) is 1.52. The number of piperidine rings is 1. The smallest absolute Gasteiger partial charge is 0.346 e. The van der Waals surface area contributed by atoms with Crippen molar-refractivity contribution in [2.75, 3.05) is 32.7 Å². The van der Waals surface area contributed by atoms with Crippen molar-refractivity contribution >= 4 is 5.91 Å². The number of nitrogens with zero attached hydrogens (tertiary/aromatic N) is 1. The minimum atomic E-state index is -4.35. The lowest BCUT2D eigenvalue weighted by Gasteiger charge is -2.35. The average Bonchev–Trinajstić information content (AvgIpc) is 2.38. The SMILES string of the molecule is CCCNCC1CCCCN1CC(=O)NCC(F)(F)F. The maximum Gasteiger partial charge on any atom is 0.405 e. The van der Waals surface area contributed by atoms with Crippen LogP contribution in [0.4, 0.5) is 13.2 Å². The van der Waals surface area contributed by atoms with Crippen molar-refractivity contribution in [2.45, 2.75) is 44.8 Å². The van der Waals surface area contributed by atoms with Gasteiger partial charge in [-0.25, -0.2) is 0 Å². The largest absolute Gasteiger partial charge is 0.405 e. The van der Waals surface area contributed by atoms with Gasteiger partial charge in [0.1, 0.15) is 6.54 Å². The maximum absolute atomic E-state index is 12.0. The average molecular weight is 295 g/mol. The first-order valence-electron chi connectivity index (χ1n) is 7.20. The van der Waals surface area contributed by atoms with E-state index in [2.05, 4.69) is 12.2 Å². The standard InChI is InChI=1S/C13H24F3N3O/c1-2-6-17-8-11-5-3-4-7-19(11)9-12(20)18-10-13(14,15)16/h11,17H,2-10H2,1H3,(H,18,20). The van der Waals surface area contributed by atoms with E-state index >= 15 is 0 Å². The fourth-order valence-corrected chi connectivity index (χ4v) is 2.38. The van der Waals surface area contributed by atoms with Crippen LogP contribution in [0.5, 0.6) is 0 Å². The molecule has 20 heavy (non-hydrogen) atoms. The second-order valence-corrected chi connectivity index (χ2v) is 5.22. The molecule has 0 aromatic carbocycles. The molecule has 0 aromatic heterocycles. The third-order valence-electron chi connectivity index (χ3n) is 3.39. The molecule has 0 bridgehead atoms. The van der Waals surface area contributed by atoms with E-state index in [1.165, 1.54) is 0 Å². The molecule has 0 aliphatic carbocycles. The zero-order valence-corrected chi connectivity index (χ0v) is 11.9. The van der Waals surface area contributed by atoms with Crippen molar-refractivity contribution in [3.05, 3.63) is 0 Å². The Morgan fingerprint density at radius 1 is 1.35 bits per heavy atom. The highest BCUT2D eigenvalue weighted by Gasteiger charge is 2.29. The second-order valence-electron chi connectivity index (χ2n) is 5.22. The normalized spacial score (nSPS) is 20.9. The van der Waals surface area contributed by atoms with Gasteiger partial charge in [0, 0.05) is 12.6 Å². The number of likely N-dealkylation sites (tertiary alicyclic amines) is 1. The lowest BCUT2D eigenvalue weighted by Crippen LogP contribution is -2.50. The van der Waals surface area contributed by atoms with Crippen LogP contribution in [0, 0.1) is 0 Å². The number of hydrogen-bond acceptors (Lipinski definition) is 3. The lowest BCUT2D eigenvalue weighted by molar-refractivity contribution is -0.139. The van der Waals surface area contributed by atoms with Crippen molar-refractivity contribution < 1.29 is 18.0 Å². The summed E-state index contributed by atoms with van der Waals surface area (Å²) in [7, 11) is 0. The minimum Gasteiger partial charge on any atom is -0.346 e. The summed E-state index contributed by atoms with van der Waals surface area (Å²) in [5.74, 6) is -0.551. The summed E-state index contributed by atoms with van der Waals surface area (Å²) in [6.07, 6.45) is -0.211. The molecule has 1 unspecified atom stereocenters. The lowest BCUT2D eigenvalue weighted by atomic mass is 10.0. The minimum absolute atomic E-state index is 0.0502. The van der Waals surface area contributed by atoms with Crippen LogP contribution >= 0.6 is 0 Å².